The Kier molecular flexibility index (Phi) is 6.72. The van der Waals surface area contributed by atoms with Crippen molar-refractivity contribution in [1.29, 1.82) is 0 Å². The van der Waals surface area contributed by atoms with Crippen molar-refractivity contribution in [2.75, 3.05) is 12.0 Å². The molecule has 0 saturated carbocycles. The van der Waals surface area contributed by atoms with Crippen molar-refractivity contribution >= 4 is 28.7 Å². The Morgan fingerprint density at radius 1 is 1.15 bits per heavy atom. The van der Waals surface area contributed by atoms with E-state index in [1.165, 1.54) is 5.56 Å². The molecule has 0 fully saturated rings. The molecule has 1 amide bonds. The first-order chi connectivity index (χ1) is 12.8. The summed E-state index contributed by atoms with van der Waals surface area (Å²) in [5.74, 6) is 1.91. The molecule has 0 bridgehead atoms. The zero-order valence-corrected chi connectivity index (χ0v) is 15.9. The van der Waals surface area contributed by atoms with Gasteiger partial charge in [0.2, 0.25) is 5.91 Å². The second-order valence-electron chi connectivity index (χ2n) is 6.38. The summed E-state index contributed by atoms with van der Waals surface area (Å²) in [5.41, 5.74) is 3.22. The second kappa shape index (κ2) is 9.43. The van der Waals surface area contributed by atoms with Crippen LogP contribution in [0.4, 0.5) is 0 Å². The molecular weight excluding hydrogens is 342 g/mol. The van der Waals surface area contributed by atoms with Crippen LogP contribution in [0.25, 0.3) is 11.0 Å². The number of nitrogens with zero attached hydrogens (tertiary/aromatic N) is 1. The maximum Gasteiger partial charge on any atom is 0.220 e. The Balaban J connectivity index is 1.59. The van der Waals surface area contributed by atoms with Gasteiger partial charge in [-0.3, -0.25) is 4.79 Å². The summed E-state index contributed by atoms with van der Waals surface area (Å²) < 4.78 is 0. The smallest absolute Gasteiger partial charge is 0.220 e. The first kappa shape index (κ1) is 18.5. The Labute approximate surface area is 158 Å². The number of amides is 1. The molecule has 0 radical (unpaired) electrons. The average molecular weight is 368 g/mol. The standard InChI is InChI=1S/C21H25N3OS/c1-26-15-14-19(21-23-17-11-5-6-12-18(17)24-21)22-20(25)13-7-10-16-8-3-2-4-9-16/h2-6,8-9,11-12,19H,7,10,13-15H2,1H3,(H,22,25)(H,23,24)/t19-/m0/s1. The van der Waals surface area contributed by atoms with Crippen molar-refractivity contribution in [2.24, 2.45) is 0 Å². The summed E-state index contributed by atoms with van der Waals surface area (Å²) in [7, 11) is 0. The summed E-state index contributed by atoms with van der Waals surface area (Å²) >= 11 is 1.78. The summed E-state index contributed by atoms with van der Waals surface area (Å²) in [6.45, 7) is 0. The number of carbonyl (C=O) groups is 1. The molecule has 3 aromatic rings. The van der Waals surface area contributed by atoms with E-state index in [4.69, 9.17) is 0 Å². The van der Waals surface area contributed by atoms with Crippen molar-refractivity contribution in [3.8, 4) is 0 Å². The van der Waals surface area contributed by atoms with E-state index >= 15 is 0 Å². The minimum absolute atomic E-state index is 0.0703. The van der Waals surface area contributed by atoms with Crippen molar-refractivity contribution in [2.45, 2.75) is 31.7 Å². The molecule has 2 N–H and O–H groups in total. The SMILES string of the molecule is CSCC[C@H](NC(=O)CCCc1ccccc1)c1nc2ccccc2[nH]1. The maximum absolute atomic E-state index is 12.4. The number of thioether (sulfide) groups is 1. The fraction of sp³-hybridized carbons (Fsp3) is 0.333. The summed E-state index contributed by atoms with van der Waals surface area (Å²) in [5, 5.41) is 3.17. The third-order valence-electron chi connectivity index (χ3n) is 4.40. The molecule has 1 atom stereocenters. The van der Waals surface area contributed by atoms with E-state index in [9.17, 15) is 4.79 Å². The number of benzene rings is 2. The number of nitrogens with one attached hydrogen (secondary N) is 2. The fourth-order valence-corrected chi connectivity index (χ4v) is 3.49. The first-order valence-electron chi connectivity index (χ1n) is 9.03. The molecule has 136 valence electrons. The molecule has 4 nitrogen and oxygen atoms in total. The average Bonchev–Trinajstić information content (AvgIpc) is 3.10. The molecule has 3 rings (SSSR count). The van der Waals surface area contributed by atoms with Gasteiger partial charge < -0.3 is 10.3 Å². The molecule has 0 spiro atoms. The Bertz CT molecular complexity index is 798. The minimum Gasteiger partial charge on any atom is -0.346 e. The van der Waals surface area contributed by atoms with Gasteiger partial charge in [0, 0.05) is 6.42 Å². The van der Waals surface area contributed by atoms with E-state index < -0.39 is 0 Å². The highest BCUT2D eigenvalue weighted by Crippen LogP contribution is 2.20. The molecule has 0 unspecified atom stereocenters. The monoisotopic (exact) mass is 367 g/mol. The number of imidazole rings is 1. The van der Waals surface area contributed by atoms with E-state index in [2.05, 4.69) is 33.7 Å². The lowest BCUT2D eigenvalue weighted by Crippen LogP contribution is -2.29. The Morgan fingerprint density at radius 3 is 2.69 bits per heavy atom. The third-order valence-corrected chi connectivity index (χ3v) is 5.04. The molecule has 0 aliphatic carbocycles. The number of aryl methyl sites for hydroxylation is 1. The Morgan fingerprint density at radius 2 is 1.92 bits per heavy atom. The van der Waals surface area contributed by atoms with E-state index in [-0.39, 0.29) is 11.9 Å². The Hall–Kier alpha value is -2.27. The molecule has 1 aromatic heterocycles. The highest BCUT2D eigenvalue weighted by atomic mass is 32.2. The molecule has 0 saturated heterocycles. The number of carbonyl (C=O) groups excluding carboxylic acids is 1. The third kappa shape index (κ3) is 5.11. The van der Waals surface area contributed by atoms with Gasteiger partial charge in [-0.25, -0.2) is 4.98 Å². The quantitative estimate of drug-likeness (QED) is 0.585. The highest BCUT2D eigenvalue weighted by Gasteiger charge is 2.18. The predicted molar refractivity (Wildman–Crippen MR) is 109 cm³/mol. The lowest BCUT2D eigenvalue weighted by atomic mass is 10.1. The zero-order valence-electron chi connectivity index (χ0n) is 15.1. The number of para-hydroxylation sites is 2. The molecular formula is C21H25N3OS. The minimum atomic E-state index is -0.0703. The van der Waals surface area contributed by atoms with Crippen LogP contribution < -0.4 is 5.32 Å². The van der Waals surface area contributed by atoms with E-state index in [0.29, 0.717) is 6.42 Å². The maximum atomic E-state index is 12.4. The van der Waals surface area contributed by atoms with Crippen LogP contribution in [0.2, 0.25) is 0 Å². The van der Waals surface area contributed by atoms with E-state index in [0.717, 1.165) is 41.9 Å². The lowest BCUT2D eigenvalue weighted by Gasteiger charge is -2.16. The van der Waals surface area contributed by atoms with Gasteiger partial charge in [-0.15, -0.1) is 0 Å². The number of aromatic amines is 1. The van der Waals surface area contributed by atoms with Crippen molar-refractivity contribution in [1.82, 2.24) is 15.3 Å². The van der Waals surface area contributed by atoms with E-state index in [1.54, 1.807) is 11.8 Å². The summed E-state index contributed by atoms with van der Waals surface area (Å²) in [6.07, 6.45) is 5.26. The van der Waals surface area contributed by atoms with Gasteiger partial charge >= 0.3 is 0 Å². The van der Waals surface area contributed by atoms with Crippen LogP contribution in [0.5, 0.6) is 0 Å². The van der Waals surface area contributed by atoms with Crippen molar-refractivity contribution in [3.63, 3.8) is 0 Å². The van der Waals surface area contributed by atoms with Crippen LogP contribution in [0.1, 0.15) is 36.7 Å². The van der Waals surface area contributed by atoms with Gasteiger partial charge in [0.25, 0.3) is 0 Å². The number of rotatable bonds is 9. The lowest BCUT2D eigenvalue weighted by molar-refractivity contribution is -0.122. The van der Waals surface area contributed by atoms with Crippen LogP contribution in [0.3, 0.4) is 0 Å². The summed E-state index contributed by atoms with van der Waals surface area (Å²) in [6, 6.07) is 18.2. The zero-order chi connectivity index (χ0) is 18.2. The number of hydrogen-bond donors (Lipinski definition) is 2. The molecule has 0 aliphatic rings. The number of fused-ring (bicyclic) bond motifs is 1. The van der Waals surface area contributed by atoms with Crippen molar-refractivity contribution in [3.05, 3.63) is 66.0 Å². The van der Waals surface area contributed by atoms with Crippen LogP contribution in [-0.2, 0) is 11.2 Å². The molecule has 5 heteroatoms. The van der Waals surface area contributed by atoms with Crippen LogP contribution in [0.15, 0.2) is 54.6 Å². The normalized spacial score (nSPS) is 12.2. The number of hydrogen-bond acceptors (Lipinski definition) is 3. The molecule has 2 aromatic carbocycles. The largest absolute Gasteiger partial charge is 0.346 e. The van der Waals surface area contributed by atoms with Gasteiger partial charge in [-0.05, 0) is 49.0 Å². The van der Waals surface area contributed by atoms with Gasteiger partial charge in [-0.1, -0.05) is 42.5 Å². The topological polar surface area (TPSA) is 57.8 Å². The van der Waals surface area contributed by atoms with Gasteiger partial charge in [0.1, 0.15) is 5.82 Å². The first-order valence-corrected chi connectivity index (χ1v) is 10.4. The van der Waals surface area contributed by atoms with Gasteiger partial charge in [0.05, 0.1) is 17.1 Å². The molecule has 26 heavy (non-hydrogen) atoms. The van der Waals surface area contributed by atoms with Crippen LogP contribution in [0, 0.1) is 0 Å². The van der Waals surface area contributed by atoms with Crippen LogP contribution >= 0.6 is 11.8 Å². The van der Waals surface area contributed by atoms with E-state index in [1.807, 2.05) is 42.5 Å². The molecule has 1 heterocycles. The predicted octanol–water partition coefficient (Wildman–Crippen LogP) is 4.50. The fourth-order valence-electron chi connectivity index (χ4n) is 3.01. The number of H-pyrrole nitrogens is 1. The molecule has 0 aliphatic heterocycles. The van der Waals surface area contributed by atoms with Gasteiger partial charge in [0.15, 0.2) is 0 Å². The number of aromatic nitrogens is 2. The highest BCUT2D eigenvalue weighted by molar-refractivity contribution is 7.98. The second-order valence-corrected chi connectivity index (χ2v) is 7.37. The van der Waals surface area contributed by atoms with Crippen molar-refractivity contribution < 1.29 is 4.79 Å². The summed E-state index contributed by atoms with van der Waals surface area (Å²) in [4.78, 5) is 20.5. The van der Waals surface area contributed by atoms with Crippen LogP contribution in [-0.4, -0.2) is 27.9 Å². The van der Waals surface area contributed by atoms with Gasteiger partial charge in [-0.2, -0.15) is 11.8 Å².